The molecule has 2 fully saturated rings. The van der Waals surface area contributed by atoms with Crippen molar-refractivity contribution in [1.82, 2.24) is 0 Å². The Bertz CT molecular complexity index is 125. The van der Waals surface area contributed by atoms with Crippen molar-refractivity contribution in [2.24, 2.45) is 17.1 Å². The van der Waals surface area contributed by atoms with E-state index in [1.807, 2.05) is 13.8 Å². The van der Waals surface area contributed by atoms with Crippen LogP contribution in [0, 0.1) is 11.3 Å². The molecule has 2 aliphatic rings. The Morgan fingerprint density at radius 2 is 1.50 bits per heavy atom. The molecule has 0 aliphatic heterocycles. The summed E-state index contributed by atoms with van der Waals surface area (Å²) >= 11 is 0. The maximum atomic E-state index is 4.50. The van der Waals surface area contributed by atoms with Gasteiger partial charge in [-0.1, -0.05) is 40.0 Å². The van der Waals surface area contributed by atoms with E-state index in [4.69, 9.17) is 0 Å². The van der Waals surface area contributed by atoms with E-state index >= 15 is 0 Å². The van der Waals surface area contributed by atoms with Gasteiger partial charge >= 0.3 is 0 Å². The molecule has 14 heavy (non-hydrogen) atoms. The monoisotopic (exact) mass is 199 g/mol. The Hall–Kier alpha value is -0.0400. The quantitative estimate of drug-likeness (QED) is 0.627. The second-order valence-electron chi connectivity index (χ2n) is 4.56. The normalized spacial score (nSPS) is 27.6. The first kappa shape index (κ1) is 14.0. The molecule has 0 aromatic heterocycles. The Balaban J connectivity index is 0.000000379. The maximum Gasteiger partial charge on any atom is -0.0195 e. The van der Waals surface area contributed by atoms with E-state index in [9.17, 15) is 0 Å². The summed E-state index contributed by atoms with van der Waals surface area (Å²) in [6, 6.07) is 0. The van der Waals surface area contributed by atoms with Crippen LogP contribution in [0.4, 0.5) is 0 Å². The minimum atomic E-state index is 0.861. The van der Waals surface area contributed by atoms with Crippen molar-refractivity contribution in [3.8, 4) is 0 Å². The van der Waals surface area contributed by atoms with Gasteiger partial charge < -0.3 is 5.73 Å². The smallest absolute Gasteiger partial charge is 0.0195 e. The predicted molar refractivity (Wildman–Crippen MR) is 65.4 cm³/mol. The molecule has 1 nitrogen and oxygen atoms in total. The summed E-state index contributed by atoms with van der Waals surface area (Å²) in [5.74, 6) is 1.04. The van der Waals surface area contributed by atoms with Gasteiger partial charge in [-0.05, 0) is 44.1 Å². The van der Waals surface area contributed by atoms with Gasteiger partial charge in [0.25, 0.3) is 0 Å². The molecule has 2 saturated carbocycles. The first-order valence-corrected chi connectivity index (χ1v) is 6.39. The molecule has 0 heterocycles. The Kier molecular flexibility index (Phi) is 7.26. The van der Waals surface area contributed by atoms with Crippen LogP contribution in [0.1, 0.15) is 65.7 Å². The predicted octanol–water partition coefficient (Wildman–Crippen LogP) is 3.97. The molecule has 1 atom stereocenters. The summed E-state index contributed by atoms with van der Waals surface area (Å²) < 4.78 is 0. The third-order valence-electron chi connectivity index (χ3n) is 3.61. The molecule has 86 valence electrons. The van der Waals surface area contributed by atoms with Crippen LogP contribution >= 0.6 is 0 Å². The molecule has 0 saturated heterocycles. The molecule has 2 N–H and O–H groups in total. The molecule has 2 aliphatic carbocycles. The Morgan fingerprint density at radius 1 is 1.00 bits per heavy atom. The zero-order valence-electron chi connectivity index (χ0n) is 10.6. The average Bonchev–Trinajstić information content (AvgIpc) is 2.84. The van der Waals surface area contributed by atoms with E-state index in [1.54, 1.807) is 25.7 Å². The molecule has 0 radical (unpaired) electrons. The second kappa shape index (κ2) is 7.28. The van der Waals surface area contributed by atoms with Gasteiger partial charge in [-0.25, -0.2) is 0 Å². The highest BCUT2D eigenvalue weighted by Gasteiger charge is 2.39. The van der Waals surface area contributed by atoms with Gasteiger partial charge in [0, 0.05) is 0 Å². The van der Waals surface area contributed by atoms with Crippen LogP contribution < -0.4 is 5.73 Å². The minimum absolute atomic E-state index is 0.861. The van der Waals surface area contributed by atoms with Gasteiger partial charge in [0.05, 0.1) is 0 Å². The zero-order chi connectivity index (χ0) is 11.0. The lowest BCUT2D eigenvalue weighted by atomic mass is 9.84. The maximum absolute atomic E-state index is 4.50. The molecule has 0 aromatic carbocycles. The molecule has 0 aromatic rings. The van der Waals surface area contributed by atoms with Gasteiger partial charge in [-0.15, -0.1) is 0 Å². The summed E-state index contributed by atoms with van der Waals surface area (Å²) in [4.78, 5) is 0. The highest BCUT2D eigenvalue weighted by atomic mass is 14.4. The van der Waals surface area contributed by atoms with Crippen molar-refractivity contribution in [2.45, 2.75) is 65.7 Å². The summed E-state index contributed by atoms with van der Waals surface area (Å²) in [5, 5.41) is 0. The molecule has 1 unspecified atom stereocenters. The van der Waals surface area contributed by atoms with Crippen molar-refractivity contribution in [2.75, 3.05) is 7.05 Å². The highest BCUT2D eigenvalue weighted by Crippen LogP contribution is 2.52. The lowest BCUT2D eigenvalue weighted by molar-refractivity contribution is 0.298. The Labute approximate surface area is 90.5 Å². The van der Waals surface area contributed by atoms with Crippen molar-refractivity contribution in [3.05, 3.63) is 0 Å². The van der Waals surface area contributed by atoms with Crippen molar-refractivity contribution >= 4 is 0 Å². The lowest BCUT2D eigenvalue weighted by Crippen LogP contribution is -2.10. The van der Waals surface area contributed by atoms with E-state index in [-0.39, 0.29) is 0 Å². The van der Waals surface area contributed by atoms with Crippen LogP contribution in [0.15, 0.2) is 0 Å². The first-order valence-electron chi connectivity index (χ1n) is 6.39. The molecular weight excluding hydrogens is 170 g/mol. The number of hydrogen-bond donors (Lipinski definition) is 1. The van der Waals surface area contributed by atoms with Crippen molar-refractivity contribution < 1.29 is 0 Å². The summed E-state index contributed by atoms with van der Waals surface area (Å²) in [7, 11) is 1.50. The molecule has 1 spiro atoms. The van der Waals surface area contributed by atoms with Gasteiger partial charge in [0.2, 0.25) is 0 Å². The van der Waals surface area contributed by atoms with Gasteiger partial charge in [-0.3, -0.25) is 0 Å². The van der Waals surface area contributed by atoms with E-state index in [1.165, 1.54) is 26.3 Å². The number of hydrogen-bond acceptors (Lipinski definition) is 1. The SMILES string of the molecule is CC.CC1CCC2(CCCC2)C1.CN. The highest BCUT2D eigenvalue weighted by molar-refractivity contribution is 4.90. The van der Waals surface area contributed by atoms with Crippen LogP contribution in [-0.2, 0) is 0 Å². The van der Waals surface area contributed by atoms with E-state index in [0.717, 1.165) is 11.3 Å². The molecular formula is C13H29N. The van der Waals surface area contributed by atoms with Crippen molar-refractivity contribution in [1.29, 1.82) is 0 Å². The third-order valence-corrected chi connectivity index (χ3v) is 3.61. The first-order chi connectivity index (χ1) is 6.81. The minimum Gasteiger partial charge on any atom is -0.333 e. The second-order valence-corrected chi connectivity index (χ2v) is 4.56. The van der Waals surface area contributed by atoms with Crippen LogP contribution in [0.25, 0.3) is 0 Å². The fourth-order valence-corrected chi connectivity index (χ4v) is 3.08. The van der Waals surface area contributed by atoms with Crippen molar-refractivity contribution in [3.63, 3.8) is 0 Å². The summed E-state index contributed by atoms with van der Waals surface area (Å²) in [5.41, 5.74) is 5.36. The van der Waals surface area contributed by atoms with Gasteiger partial charge in [0.1, 0.15) is 0 Å². The van der Waals surface area contributed by atoms with Gasteiger partial charge in [0.15, 0.2) is 0 Å². The molecule has 0 amide bonds. The van der Waals surface area contributed by atoms with Crippen LogP contribution in [0.5, 0.6) is 0 Å². The van der Waals surface area contributed by atoms with E-state index in [2.05, 4.69) is 12.7 Å². The average molecular weight is 199 g/mol. The van der Waals surface area contributed by atoms with Gasteiger partial charge in [-0.2, -0.15) is 0 Å². The fourth-order valence-electron chi connectivity index (χ4n) is 3.08. The number of rotatable bonds is 0. The zero-order valence-corrected chi connectivity index (χ0v) is 10.6. The molecule has 1 heteroatoms. The summed E-state index contributed by atoms with van der Waals surface area (Å²) in [6.45, 7) is 6.42. The van der Waals surface area contributed by atoms with Crippen LogP contribution in [0.3, 0.4) is 0 Å². The van der Waals surface area contributed by atoms with E-state index in [0.29, 0.717) is 0 Å². The number of nitrogens with two attached hydrogens (primary N) is 1. The van der Waals surface area contributed by atoms with Crippen LogP contribution in [-0.4, -0.2) is 7.05 Å². The summed E-state index contributed by atoms with van der Waals surface area (Å²) in [6.07, 6.45) is 10.8. The Morgan fingerprint density at radius 3 is 1.86 bits per heavy atom. The molecule has 2 rings (SSSR count). The lowest BCUT2D eigenvalue weighted by Gasteiger charge is -2.21. The van der Waals surface area contributed by atoms with Crippen LogP contribution in [0.2, 0.25) is 0 Å². The third kappa shape index (κ3) is 3.61. The molecule has 0 bridgehead atoms. The topological polar surface area (TPSA) is 26.0 Å². The largest absolute Gasteiger partial charge is 0.333 e. The fraction of sp³-hybridized carbons (Fsp3) is 1.00. The van der Waals surface area contributed by atoms with E-state index < -0.39 is 0 Å². The standard InChI is InChI=1S/C10H18.C2H6.CH5N/c1-9-4-7-10(8-9)5-2-3-6-10;2*1-2/h9H,2-8H2,1H3;1-2H3;2H2,1H3.